The molecule has 1 saturated heterocycles. The second-order valence-electron chi connectivity index (χ2n) is 5.62. The highest BCUT2D eigenvalue weighted by Crippen LogP contribution is 2.19. The van der Waals surface area contributed by atoms with Gasteiger partial charge in [-0.1, -0.05) is 0 Å². The third kappa shape index (κ3) is 4.82. The zero-order valence-electron chi connectivity index (χ0n) is 12.8. The van der Waals surface area contributed by atoms with Gasteiger partial charge in [0.2, 0.25) is 5.91 Å². The van der Waals surface area contributed by atoms with E-state index < -0.39 is 0 Å². The molecule has 1 amide bonds. The number of amides is 1. The summed E-state index contributed by atoms with van der Waals surface area (Å²) in [5.41, 5.74) is 0.784. The monoisotopic (exact) mass is 294 g/mol. The minimum atomic E-state index is 0.101. The highest BCUT2D eigenvalue weighted by molar-refractivity contribution is 5.92. The van der Waals surface area contributed by atoms with Crippen molar-refractivity contribution in [1.82, 2.24) is 14.7 Å². The molecule has 1 aliphatic rings. The van der Waals surface area contributed by atoms with Gasteiger partial charge in [-0.25, -0.2) is 0 Å². The second-order valence-corrected chi connectivity index (χ2v) is 5.62. The Morgan fingerprint density at radius 1 is 1.43 bits per heavy atom. The molecule has 6 heteroatoms. The minimum absolute atomic E-state index is 0.101. The van der Waals surface area contributed by atoms with Gasteiger partial charge in [0.1, 0.15) is 0 Å². The van der Waals surface area contributed by atoms with E-state index in [1.165, 1.54) is 0 Å². The Bertz CT molecular complexity index is 439. The number of aliphatic hydroxyl groups excluding tert-OH is 1. The molecular weight excluding hydrogens is 268 g/mol. The van der Waals surface area contributed by atoms with Crippen LogP contribution in [0.4, 0.5) is 5.69 Å². The lowest BCUT2D eigenvalue weighted by molar-refractivity contribution is -0.121. The normalized spacial score (nSPS) is 17.0. The summed E-state index contributed by atoms with van der Waals surface area (Å²) >= 11 is 0. The number of likely N-dealkylation sites (tertiary alicyclic amines) is 1. The molecule has 2 rings (SSSR count). The minimum Gasteiger partial charge on any atom is -0.396 e. The molecule has 118 valence electrons. The lowest BCUT2D eigenvalue weighted by Crippen LogP contribution is -2.38. The van der Waals surface area contributed by atoms with Crippen LogP contribution >= 0.6 is 0 Å². The van der Waals surface area contributed by atoms with Crippen LogP contribution < -0.4 is 5.32 Å². The molecule has 0 unspecified atom stereocenters. The predicted molar refractivity (Wildman–Crippen MR) is 82.0 cm³/mol. The Hall–Kier alpha value is -1.40. The number of aromatic nitrogens is 2. The number of unbranched alkanes of at least 4 members (excludes halogenated alkanes) is 1. The van der Waals surface area contributed by atoms with Crippen molar-refractivity contribution in [3.05, 3.63) is 12.4 Å². The summed E-state index contributed by atoms with van der Waals surface area (Å²) in [5, 5.41) is 15.9. The van der Waals surface area contributed by atoms with Crippen LogP contribution in [0.3, 0.4) is 0 Å². The molecule has 6 nitrogen and oxygen atoms in total. The zero-order valence-corrected chi connectivity index (χ0v) is 12.8. The Morgan fingerprint density at radius 3 is 2.81 bits per heavy atom. The zero-order chi connectivity index (χ0) is 15.1. The molecule has 1 aromatic heterocycles. The molecule has 0 radical (unpaired) electrons. The van der Waals surface area contributed by atoms with Crippen molar-refractivity contribution < 1.29 is 9.90 Å². The maximum absolute atomic E-state index is 12.2. The van der Waals surface area contributed by atoms with Crippen molar-refractivity contribution in [1.29, 1.82) is 0 Å². The SMILES string of the molecule is CCn1cc(NC(=O)C2CCN(CCCCO)CC2)cn1. The van der Waals surface area contributed by atoms with Gasteiger partial charge in [-0.3, -0.25) is 9.48 Å². The Labute approximate surface area is 126 Å². The number of nitrogens with zero attached hydrogens (tertiary/aromatic N) is 3. The van der Waals surface area contributed by atoms with Crippen molar-refractivity contribution in [2.75, 3.05) is 31.6 Å². The van der Waals surface area contributed by atoms with Gasteiger partial charge in [0.25, 0.3) is 0 Å². The quantitative estimate of drug-likeness (QED) is 0.744. The van der Waals surface area contributed by atoms with Gasteiger partial charge in [0.15, 0.2) is 0 Å². The van der Waals surface area contributed by atoms with E-state index in [-0.39, 0.29) is 18.4 Å². The lowest BCUT2D eigenvalue weighted by Gasteiger charge is -2.31. The highest BCUT2D eigenvalue weighted by Gasteiger charge is 2.24. The summed E-state index contributed by atoms with van der Waals surface area (Å²) in [4.78, 5) is 14.6. The topological polar surface area (TPSA) is 70.4 Å². The Balaban J connectivity index is 1.72. The van der Waals surface area contributed by atoms with Gasteiger partial charge in [0, 0.05) is 25.3 Å². The lowest BCUT2D eigenvalue weighted by atomic mass is 9.95. The molecule has 0 atom stereocenters. The van der Waals surface area contributed by atoms with Crippen LogP contribution in [-0.4, -0.2) is 51.9 Å². The van der Waals surface area contributed by atoms with Gasteiger partial charge < -0.3 is 15.3 Å². The number of aliphatic hydroxyl groups is 1. The van der Waals surface area contributed by atoms with Crippen LogP contribution in [0.25, 0.3) is 0 Å². The summed E-state index contributed by atoms with van der Waals surface area (Å²) in [6.07, 6.45) is 7.28. The maximum atomic E-state index is 12.2. The van der Waals surface area contributed by atoms with Crippen LogP contribution in [0.1, 0.15) is 32.6 Å². The van der Waals surface area contributed by atoms with Crippen LogP contribution in [0, 0.1) is 5.92 Å². The molecular formula is C15H26N4O2. The summed E-state index contributed by atoms with van der Waals surface area (Å²) in [5.74, 6) is 0.213. The van der Waals surface area contributed by atoms with Crippen LogP contribution in [0.5, 0.6) is 0 Å². The Kier molecular flexibility index (Phi) is 6.20. The maximum Gasteiger partial charge on any atom is 0.227 e. The molecule has 0 saturated carbocycles. The molecule has 0 bridgehead atoms. The fourth-order valence-electron chi connectivity index (χ4n) is 2.71. The molecule has 0 aliphatic carbocycles. The summed E-state index contributed by atoms with van der Waals surface area (Å²) in [7, 11) is 0. The molecule has 2 heterocycles. The fourth-order valence-corrected chi connectivity index (χ4v) is 2.71. The standard InChI is InChI=1S/C15H26N4O2/c1-2-19-12-14(11-16-19)17-15(21)13-5-8-18(9-6-13)7-3-4-10-20/h11-13,20H,2-10H2,1H3,(H,17,21). The number of hydrogen-bond donors (Lipinski definition) is 2. The number of hydrogen-bond acceptors (Lipinski definition) is 4. The highest BCUT2D eigenvalue weighted by atomic mass is 16.2. The van der Waals surface area contributed by atoms with Crippen molar-refractivity contribution >= 4 is 11.6 Å². The van der Waals surface area contributed by atoms with E-state index in [1.54, 1.807) is 10.9 Å². The van der Waals surface area contributed by atoms with Gasteiger partial charge in [0.05, 0.1) is 11.9 Å². The van der Waals surface area contributed by atoms with Crippen molar-refractivity contribution in [3.8, 4) is 0 Å². The number of nitrogens with one attached hydrogen (secondary N) is 1. The van der Waals surface area contributed by atoms with E-state index in [2.05, 4.69) is 15.3 Å². The Morgan fingerprint density at radius 2 is 2.19 bits per heavy atom. The van der Waals surface area contributed by atoms with Crippen LogP contribution in [-0.2, 0) is 11.3 Å². The molecule has 0 spiro atoms. The molecule has 0 aromatic carbocycles. The molecule has 1 aromatic rings. The third-order valence-corrected chi connectivity index (χ3v) is 4.07. The average Bonchev–Trinajstić information content (AvgIpc) is 2.96. The van der Waals surface area contributed by atoms with E-state index in [0.29, 0.717) is 0 Å². The first-order valence-corrected chi connectivity index (χ1v) is 7.89. The van der Waals surface area contributed by atoms with Crippen molar-refractivity contribution in [3.63, 3.8) is 0 Å². The molecule has 21 heavy (non-hydrogen) atoms. The first-order chi connectivity index (χ1) is 10.2. The van der Waals surface area contributed by atoms with E-state index >= 15 is 0 Å². The predicted octanol–water partition coefficient (Wildman–Crippen LogP) is 1.33. The number of aryl methyl sites for hydroxylation is 1. The van der Waals surface area contributed by atoms with E-state index in [4.69, 9.17) is 5.11 Å². The van der Waals surface area contributed by atoms with E-state index in [0.717, 1.165) is 57.5 Å². The van der Waals surface area contributed by atoms with E-state index in [9.17, 15) is 4.79 Å². The first kappa shape index (κ1) is 16.0. The molecule has 1 aliphatic heterocycles. The van der Waals surface area contributed by atoms with Gasteiger partial charge >= 0.3 is 0 Å². The van der Waals surface area contributed by atoms with Gasteiger partial charge in [-0.05, 0) is 52.2 Å². The largest absolute Gasteiger partial charge is 0.396 e. The molecule has 2 N–H and O–H groups in total. The van der Waals surface area contributed by atoms with E-state index in [1.807, 2.05) is 13.1 Å². The second kappa shape index (κ2) is 8.14. The van der Waals surface area contributed by atoms with Crippen LogP contribution in [0.15, 0.2) is 12.4 Å². The number of carbonyl (C=O) groups is 1. The van der Waals surface area contributed by atoms with Crippen LogP contribution in [0.2, 0.25) is 0 Å². The number of carbonyl (C=O) groups excluding carboxylic acids is 1. The average molecular weight is 294 g/mol. The molecule has 1 fully saturated rings. The summed E-state index contributed by atoms with van der Waals surface area (Å²) in [6, 6.07) is 0. The number of piperidine rings is 1. The van der Waals surface area contributed by atoms with Crippen molar-refractivity contribution in [2.24, 2.45) is 5.92 Å². The van der Waals surface area contributed by atoms with Gasteiger partial charge in [-0.15, -0.1) is 0 Å². The third-order valence-electron chi connectivity index (χ3n) is 4.07. The first-order valence-electron chi connectivity index (χ1n) is 7.89. The number of rotatable bonds is 7. The van der Waals surface area contributed by atoms with Crippen molar-refractivity contribution in [2.45, 2.75) is 39.2 Å². The van der Waals surface area contributed by atoms with Gasteiger partial charge in [-0.2, -0.15) is 5.10 Å². The summed E-state index contributed by atoms with van der Waals surface area (Å²) < 4.78 is 1.80. The summed E-state index contributed by atoms with van der Waals surface area (Å²) in [6.45, 7) is 6.06. The number of anilines is 1. The smallest absolute Gasteiger partial charge is 0.227 e. The fraction of sp³-hybridized carbons (Fsp3) is 0.733.